The Labute approximate surface area is 747 Å². The number of rotatable bonds is 26. The van der Waals surface area contributed by atoms with Crippen molar-refractivity contribution in [3.05, 3.63) is 221 Å². The normalized spacial score (nSPS) is 15.5. The van der Waals surface area contributed by atoms with Gasteiger partial charge in [0.2, 0.25) is 36.6 Å². The SMILES string of the molecule is C=CC(=O)N1CCC[C@@H](n2nc(-c3ccc(Oc4ccccc4)cc3)c3c(NC(=O)OC(C)OC(=O)C(C)C)ncnc32)C1.C=CC(=O)N1CCC[C@@H](n2nc(-c3ccc(Oc4ccccc4)cc3)c3c(NC(=O)O[C@H](C)OC(=O)C(C)C)ncnc32)C1.C=CC(=O)N1CCC[C@@H](n2nc(-c3ccc(Oc4ccccc4)cc3)c3c(NC(=O)O[C@H](C)OC(C)=O)ncnc32)C1. The van der Waals surface area contributed by atoms with E-state index in [-0.39, 0.29) is 65.1 Å². The zero-order valence-electron chi connectivity index (χ0n) is 72.8. The molecule has 3 fully saturated rings. The molecule has 3 N–H and O–H groups in total. The summed E-state index contributed by atoms with van der Waals surface area (Å²) < 4.78 is 54.1. The Kier molecular flexibility index (Phi) is 30.4. The molecular formula is C94H98N18O18. The van der Waals surface area contributed by atoms with Gasteiger partial charge in [0.1, 0.15) is 70.6 Å². The van der Waals surface area contributed by atoms with E-state index in [1.54, 1.807) is 56.4 Å². The molecule has 3 saturated heterocycles. The third-order valence-electron chi connectivity index (χ3n) is 20.8. The van der Waals surface area contributed by atoms with Crippen LogP contribution in [0.15, 0.2) is 221 Å². The predicted molar refractivity (Wildman–Crippen MR) is 479 cm³/mol. The molecule has 15 rings (SSSR count). The highest BCUT2D eigenvalue weighted by Crippen LogP contribution is 2.41. The summed E-state index contributed by atoms with van der Waals surface area (Å²) >= 11 is 0. The number of hydrogen-bond acceptors (Lipinski definition) is 27. The molecule has 0 aliphatic carbocycles. The van der Waals surface area contributed by atoms with Gasteiger partial charge in [-0.05, 0) is 166 Å². The van der Waals surface area contributed by atoms with Crippen LogP contribution in [0.4, 0.5) is 31.8 Å². The number of esters is 3. The van der Waals surface area contributed by atoms with E-state index in [1.165, 1.54) is 64.9 Å². The van der Waals surface area contributed by atoms with Gasteiger partial charge in [-0.2, -0.15) is 15.3 Å². The molecule has 9 heterocycles. The van der Waals surface area contributed by atoms with Crippen molar-refractivity contribution in [2.75, 3.05) is 55.2 Å². The summed E-state index contributed by atoms with van der Waals surface area (Å²) in [7, 11) is 0. The van der Waals surface area contributed by atoms with E-state index >= 15 is 0 Å². The van der Waals surface area contributed by atoms with Crippen molar-refractivity contribution in [2.45, 2.75) is 131 Å². The number of ether oxygens (including phenoxy) is 9. The minimum atomic E-state index is -1.11. The smallest absolute Gasteiger partial charge is 0.415 e. The number of carbonyl (C=O) groups excluding carboxylic acids is 9. The van der Waals surface area contributed by atoms with E-state index in [2.05, 4.69) is 65.6 Å². The van der Waals surface area contributed by atoms with Crippen molar-refractivity contribution < 1.29 is 85.8 Å². The summed E-state index contributed by atoms with van der Waals surface area (Å²) in [5, 5.41) is 24.3. The fraction of sp³-hybridized carbons (Fsp3) is 0.298. The van der Waals surface area contributed by atoms with Crippen LogP contribution in [0.1, 0.15) is 112 Å². The highest BCUT2D eigenvalue weighted by molar-refractivity contribution is 6.06. The molecule has 3 aliphatic rings. The summed E-state index contributed by atoms with van der Waals surface area (Å²) in [6.07, 6.45) is 6.64. The Morgan fingerprint density at radius 2 is 0.615 bits per heavy atom. The van der Waals surface area contributed by atoms with E-state index in [1.807, 2.05) is 164 Å². The van der Waals surface area contributed by atoms with Gasteiger partial charge in [0.15, 0.2) is 34.4 Å². The van der Waals surface area contributed by atoms with Crippen LogP contribution >= 0.6 is 0 Å². The first kappa shape index (κ1) is 91.9. The first-order valence-corrected chi connectivity index (χ1v) is 42.2. The average Bonchev–Trinajstić information content (AvgIpc) is 1.61. The lowest BCUT2D eigenvalue weighted by atomic mass is 10.1. The predicted octanol–water partition coefficient (Wildman–Crippen LogP) is 16.6. The molecule has 36 heteroatoms. The first-order valence-electron chi connectivity index (χ1n) is 42.2. The van der Waals surface area contributed by atoms with Crippen molar-refractivity contribution in [3.8, 4) is 68.3 Å². The molecule has 6 atom stereocenters. The van der Waals surface area contributed by atoms with Gasteiger partial charge in [-0.1, -0.05) is 102 Å². The maximum absolute atomic E-state index is 12.9. The van der Waals surface area contributed by atoms with Crippen molar-refractivity contribution in [1.82, 2.24) is 73.9 Å². The highest BCUT2D eigenvalue weighted by Gasteiger charge is 2.34. The molecule has 36 nitrogen and oxygen atoms in total. The van der Waals surface area contributed by atoms with E-state index in [9.17, 15) is 43.2 Å². The van der Waals surface area contributed by atoms with Gasteiger partial charge in [0.25, 0.3) is 0 Å². The van der Waals surface area contributed by atoms with Crippen molar-refractivity contribution >= 4 is 104 Å². The largest absolute Gasteiger partial charge is 0.457 e. The summed E-state index contributed by atoms with van der Waals surface area (Å²) in [5.41, 5.74) is 5.19. The number of aromatic nitrogens is 12. The van der Waals surface area contributed by atoms with Gasteiger partial charge in [-0.3, -0.25) is 44.7 Å². The first-order chi connectivity index (χ1) is 62.8. The Balaban J connectivity index is 0.000000166. The minimum Gasteiger partial charge on any atom is -0.457 e. The van der Waals surface area contributed by atoms with Crippen LogP contribution < -0.4 is 30.2 Å². The van der Waals surface area contributed by atoms with E-state index in [0.717, 1.165) is 55.2 Å². The molecule has 0 radical (unpaired) electrons. The van der Waals surface area contributed by atoms with E-state index in [4.69, 9.17) is 57.9 Å². The Hall–Kier alpha value is -15.8. The number of piperidine rings is 3. The minimum absolute atomic E-state index is 0.146. The molecule has 6 amide bonds. The zero-order chi connectivity index (χ0) is 92.1. The summed E-state index contributed by atoms with van der Waals surface area (Å²) in [4.78, 5) is 142. The van der Waals surface area contributed by atoms with E-state index < -0.39 is 55.1 Å². The second kappa shape index (κ2) is 42.9. The lowest BCUT2D eigenvalue weighted by Crippen LogP contribution is -2.40. The van der Waals surface area contributed by atoms with Crippen LogP contribution in [0.3, 0.4) is 0 Å². The molecule has 672 valence electrons. The topological polar surface area (TPSA) is 413 Å². The van der Waals surface area contributed by atoms with Gasteiger partial charge < -0.3 is 57.3 Å². The standard InChI is InChI=1S/2C32H34N6O6.C30H30N6O6/c2*1-5-26(39)37-17-9-10-23(18-37)38-30-27(29(33-19-34-30)35-32(41)43-21(4)42-31(40)20(2)3)28(36-38)22-13-15-25(16-14-22)44-24-11-7-6-8-12-24;1-4-25(38)35-16-8-9-22(17-35)36-29-26(28(31-18-32-29)33-30(39)41-20(3)40-19(2)37)27(34-36)21-12-14-24(15-13-21)42-23-10-6-5-7-11-23/h2*5-8,11-16,19-21,23H,1,9-10,17-18H2,2-4H3,(H,33,34,35,41);4-7,10-15,18,20,22H,1,8-9,16-17H2,2-3H3,(H,31,32,33,39)/t21?,23-;21-,23-;20-,22-/m111/s1. The number of fused-ring (bicyclic) bond motifs is 3. The molecule has 1 unspecified atom stereocenters. The Bertz CT molecular complexity index is 5830. The molecule has 6 aromatic carbocycles. The second-order valence-electron chi connectivity index (χ2n) is 30.9. The van der Waals surface area contributed by atoms with Gasteiger partial charge in [-0.15, -0.1) is 0 Å². The number of para-hydroxylation sites is 3. The fourth-order valence-corrected chi connectivity index (χ4v) is 14.7. The summed E-state index contributed by atoms with van der Waals surface area (Å²) in [6, 6.07) is 49.9. The maximum Gasteiger partial charge on any atom is 0.415 e. The number of benzene rings is 6. The molecule has 0 saturated carbocycles. The van der Waals surface area contributed by atoms with Crippen LogP contribution in [0.25, 0.3) is 66.9 Å². The molecular weight excluding hydrogens is 1670 g/mol. The van der Waals surface area contributed by atoms with Gasteiger partial charge in [0, 0.05) is 83.7 Å². The lowest BCUT2D eigenvalue weighted by molar-refractivity contribution is -0.169. The van der Waals surface area contributed by atoms with Crippen LogP contribution in [-0.4, -0.2) is 186 Å². The van der Waals surface area contributed by atoms with Crippen LogP contribution in [-0.2, 0) is 57.2 Å². The van der Waals surface area contributed by atoms with Gasteiger partial charge in [0.05, 0.1) is 46.1 Å². The number of carbonyl (C=O) groups is 9. The number of anilines is 3. The zero-order valence-corrected chi connectivity index (χ0v) is 72.8. The quantitative estimate of drug-likeness (QED) is 0.0196. The number of nitrogens with zero attached hydrogens (tertiary/aromatic N) is 15. The molecule has 0 bridgehead atoms. The van der Waals surface area contributed by atoms with E-state index in [0.29, 0.717) is 124 Å². The van der Waals surface area contributed by atoms with Gasteiger partial charge in [-0.25, -0.2) is 58.3 Å². The van der Waals surface area contributed by atoms with Gasteiger partial charge >= 0.3 is 36.2 Å². The third-order valence-corrected chi connectivity index (χ3v) is 20.8. The van der Waals surface area contributed by atoms with Crippen LogP contribution in [0.2, 0.25) is 0 Å². The molecule has 6 aromatic heterocycles. The van der Waals surface area contributed by atoms with Crippen molar-refractivity contribution in [2.24, 2.45) is 11.8 Å². The monoisotopic (exact) mass is 1770 g/mol. The number of amides is 6. The molecule has 3 aliphatic heterocycles. The lowest BCUT2D eigenvalue weighted by Gasteiger charge is -2.32. The molecule has 0 spiro atoms. The maximum atomic E-state index is 12.9. The number of nitrogens with one attached hydrogen (secondary N) is 3. The van der Waals surface area contributed by atoms with Crippen LogP contribution in [0, 0.1) is 11.8 Å². The van der Waals surface area contributed by atoms with Crippen molar-refractivity contribution in [3.63, 3.8) is 0 Å². The Morgan fingerprint density at radius 3 is 0.869 bits per heavy atom. The number of hydrogen-bond donors (Lipinski definition) is 3. The molecule has 12 aromatic rings. The van der Waals surface area contributed by atoms with Crippen molar-refractivity contribution in [1.29, 1.82) is 0 Å². The Morgan fingerprint density at radius 1 is 0.354 bits per heavy atom. The fourth-order valence-electron chi connectivity index (χ4n) is 14.7. The summed E-state index contributed by atoms with van der Waals surface area (Å²) in [6.45, 7) is 26.3. The number of likely N-dealkylation sites (tertiary alicyclic amines) is 3. The molecule has 130 heavy (non-hydrogen) atoms. The second-order valence-corrected chi connectivity index (χ2v) is 30.9. The average molecular weight is 1770 g/mol. The summed E-state index contributed by atoms with van der Waals surface area (Å²) in [5.74, 6) is 1.78. The third kappa shape index (κ3) is 23.3. The highest BCUT2D eigenvalue weighted by atomic mass is 16.7. The van der Waals surface area contributed by atoms with Crippen LogP contribution in [0.5, 0.6) is 34.5 Å².